The molecule has 1 saturated heterocycles. The van der Waals surface area contributed by atoms with Gasteiger partial charge in [-0.2, -0.15) is 0 Å². The highest BCUT2D eigenvalue weighted by atomic mass is 79.9. The van der Waals surface area contributed by atoms with Crippen molar-refractivity contribution in [1.29, 1.82) is 0 Å². The first kappa shape index (κ1) is 17.2. The molecule has 2 amide bonds. The van der Waals surface area contributed by atoms with Crippen LogP contribution >= 0.6 is 31.9 Å². The normalized spacial score (nSPS) is 17.2. The number of aryl methyl sites for hydroxylation is 1. The van der Waals surface area contributed by atoms with Crippen LogP contribution in [0.4, 0.5) is 11.4 Å². The minimum Gasteiger partial charge on any atom is -0.326 e. The van der Waals surface area contributed by atoms with Crippen LogP contribution in [0.25, 0.3) is 0 Å². The minimum atomic E-state index is -0.354. The van der Waals surface area contributed by atoms with E-state index in [0.29, 0.717) is 6.54 Å². The third-order valence-electron chi connectivity index (χ3n) is 4.09. The molecular weight excluding hydrogens is 436 g/mol. The third-order valence-corrected chi connectivity index (χ3v) is 5.25. The van der Waals surface area contributed by atoms with Crippen molar-refractivity contribution in [3.63, 3.8) is 0 Å². The molecule has 0 aliphatic carbocycles. The lowest BCUT2D eigenvalue weighted by Crippen LogP contribution is -2.28. The van der Waals surface area contributed by atoms with E-state index in [2.05, 4.69) is 37.2 Å². The summed E-state index contributed by atoms with van der Waals surface area (Å²) in [6.45, 7) is 2.33. The van der Waals surface area contributed by atoms with Crippen molar-refractivity contribution in [3.8, 4) is 0 Å². The first-order chi connectivity index (χ1) is 11.5. The van der Waals surface area contributed by atoms with E-state index in [1.54, 1.807) is 4.90 Å². The molecule has 2 aromatic carbocycles. The summed E-state index contributed by atoms with van der Waals surface area (Å²) >= 11 is 6.87. The fourth-order valence-corrected chi connectivity index (χ4v) is 3.76. The zero-order valence-electron chi connectivity index (χ0n) is 13.1. The average Bonchev–Trinajstić information content (AvgIpc) is 2.92. The van der Waals surface area contributed by atoms with Crippen LogP contribution in [0.1, 0.15) is 12.0 Å². The number of benzene rings is 2. The third kappa shape index (κ3) is 3.54. The van der Waals surface area contributed by atoms with Gasteiger partial charge < -0.3 is 10.2 Å². The number of nitrogens with zero attached hydrogens (tertiary/aromatic N) is 1. The van der Waals surface area contributed by atoms with Crippen LogP contribution in [0.3, 0.4) is 0 Å². The Hall–Kier alpha value is -1.66. The van der Waals surface area contributed by atoms with Crippen LogP contribution in [0.2, 0.25) is 0 Å². The molecule has 1 atom stereocenters. The smallest absolute Gasteiger partial charge is 0.229 e. The molecular formula is C18H16Br2N2O2. The molecule has 4 nitrogen and oxygen atoms in total. The van der Waals surface area contributed by atoms with Crippen molar-refractivity contribution in [2.75, 3.05) is 16.8 Å². The zero-order valence-corrected chi connectivity index (χ0v) is 16.2. The standard InChI is InChI=1S/C18H16Br2N2O2/c1-11-8-13(19)6-7-15(11)21-18(24)12-9-17(23)22(10-12)16-5-3-2-4-14(16)20/h2-8,12H,9-10H2,1H3,(H,21,24). The molecule has 0 bridgehead atoms. The Morgan fingerprint density at radius 3 is 2.67 bits per heavy atom. The molecule has 24 heavy (non-hydrogen) atoms. The second-order valence-electron chi connectivity index (χ2n) is 5.81. The Balaban J connectivity index is 1.73. The van der Waals surface area contributed by atoms with E-state index in [4.69, 9.17) is 0 Å². The molecule has 0 saturated carbocycles. The lowest BCUT2D eigenvalue weighted by atomic mass is 10.1. The highest BCUT2D eigenvalue weighted by Gasteiger charge is 2.35. The Kier molecular flexibility index (Phi) is 5.06. The minimum absolute atomic E-state index is 0.0328. The van der Waals surface area contributed by atoms with Crippen molar-refractivity contribution in [2.45, 2.75) is 13.3 Å². The number of amides is 2. The summed E-state index contributed by atoms with van der Waals surface area (Å²) in [6, 6.07) is 13.2. The van der Waals surface area contributed by atoms with Crippen LogP contribution in [-0.4, -0.2) is 18.4 Å². The summed E-state index contributed by atoms with van der Waals surface area (Å²) in [5, 5.41) is 2.94. The fraction of sp³-hybridized carbons (Fsp3) is 0.222. The van der Waals surface area contributed by atoms with Gasteiger partial charge in [0, 0.05) is 27.6 Å². The number of para-hydroxylation sites is 1. The highest BCUT2D eigenvalue weighted by molar-refractivity contribution is 9.10. The Bertz CT molecular complexity index is 807. The quantitative estimate of drug-likeness (QED) is 0.746. The van der Waals surface area contributed by atoms with Crippen molar-refractivity contribution in [2.24, 2.45) is 5.92 Å². The molecule has 6 heteroatoms. The number of halogens is 2. The molecule has 0 radical (unpaired) electrons. The van der Waals surface area contributed by atoms with Gasteiger partial charge in [0.2, 0.25) is 11.8 Å². The maximum atomic E-state index is 12.5. The summed E-state index contributed by atoms with van der Waals surface area (Å²) in [4.78, 5) is 26.5. The lowest BCUT2D eigenvalue weighted by Gasteiger charge is -2.18. The molecule has 0 spiro atoms. The average molecular weight is 452 g/mol. The molecule has 1 unspecified atom stereocenters. The largest absolute Gasteiger partial charge is 0.326 e. The Morgan fingerprint density at radius 1 is 1.21 bits per heavy atom. The number of hydrogen-bond donors (Lipinski definition) is 1. The number of carbonyl (C=O) groups is 2. The summed E-state index contributed by atoms with van der Waals surface area (Å²) in [6.07, 6.45) is 0.225. The summed E-state index contributed by atoms with van der Waals surface area (Å²) < 4.78 is 1.82. The van der Waals surface area contributed by atoms with Gasteiger partial charge in [-0.15, -0.1) is 0 Å². The first-order valence-electron chi connectivity index (χ1n) is 7.57. The second-order valence-corrected chi connectivity index (χ2v) is 7.58. The predicted molar refractivity (Wildman–Crippen MR) is 102 cm³/mol. The molecule has 0 aromatic heterocycles. The van der Waals surface area contributed by atoms with E-state index in [1.165, 1.54) is 0 Å². The zero-order chi connectivity index (χ0) is 17.3. The van der Waals surface area contributed by atoms with Crippen molar-refractivity contribution in [3.05, 3.63) is 57.0 Å². The Labute approximate surface area is 157 Å². The van der Waals surface area contributed by atoms with Crippen LogP contribution in [0.5, 0.6) is 0 Å². The predicted octanol–water partition coefficient (Wildman–Crippen LogP) is 4.51. The number of rotatable bonds is 3. The number of hydrogen-bond acceptors (Lipinski definition) is 2. The molecule has 1 heterocycles. The highest BCUT2D eigenvalue weighted by Crippen LogP contribution is 2.32. The van der Waals surface area contributed by atoms with Gasteiger partial charge in [0.05, 0.1) is 11.6 Å². The maximum Gasteiger partial charge on any atom is 0.229 e. The molecule has 1 aliphatic rings. The van der Waals surface area contributed by atoms with Crippen LogP contribution in [0, 0.1) is 12.8 Å². The van der Waals surface area contributed by atoms with Gasteiger partial charge in [-0.3, -0.25) is 9.59 Å². The lowest BCUT2D eigenvalue weighted by molar-refractivity contribution is -0.122. The molecule has 1 aliphatic heterocycles. The van der Waals surface area contributed by atoms with Gasteiger partial charge in [0.25, 0.3) is 0 Å². The van der Waals surface area contributed by atoms with Gasteiger partial charge in [0.15, 0.2) is 0 Å². The van der Waals surface area contributed by atoms with E-state index in [0.717, 1.165) is 25.9 Å². The second kappa shape index (κ2) is 7.07. The van der Waals surface area contributed by atoms with Gasteiger partial charge in [-0.1, -0.05) is 28.1 Å². The SMILES string of the molecule is Cc1cc(Br)ccc1NC(=O)C1CC(=O)N(c2ccccc2Br)C1. The van der Waals surface area contributed by atoms with Crippen molar-refractivity contribution in [1.82, 2.24) is 0 Å². The molecule has 124 valence electrons. The van der Waals surface area contributed by atoms with E-state index < -0.39 is 0 Å². The maximum absolute atomic E-state index is 12.5. The molecule has 3 rings (SSSR count). The monoisotopic (exact) mass is 450 g/mol. The van der Waals surface area contributed by atoms with Gasteiger partial charge in [-0.25, -0.2) is 0 Å². The molecule has 1 N–H and O–H groups in total. The molecule has 1 fully saturated rings. The van der Waals surface area contributed by atoms with E-state index in [1.807, 2.05) is 49.4 Å². The Morgan fingerprint density at radius 2 is 1.96 bits per heavy atom. The molecule has 2 aromatic rings. The number of anilines is 2. The van der Waals surface area contributed by atoms with Gasteiger partial charge in [-0.05, 0) is 58.7 Å². The van der Waals surface area contributed by atoms with E-state index in [9.17, 15) is 9.59 Å². The van der Waals surface area contributed by atoms with E-state index in [-0.39, 0.29) is 24.2 Å². The number of nitrogens with one attached hydrogen (secondary N) is 1. The van der Waals surface area contributed by atoms with Crippen LogP contribution in [0.15, 0.2) is 51.4 Å². The fourth-order valence-electron chi connectivity index (χ4n) is 2.79. The van der Waals surface area contributed by atoms with Gasteiger partial charge in [0.1, 0.15) is 0 Å². The van der Waals surface area contributed by atoms with Crippen molar-refractivity contribution < 1.29 is 9.59 Å². The van der Waals surface area contributed by atoms with Crippen LogP contribution < -0.4 is 10.2 Å². The summed E-state index contributed by atoms with van der Waals surface area (Å²) in [5.74, 6) is -0.509. The summed E-state index contributed by atoms with van der Waals surface area (Å²) in [5.41, 5.74) is 2.55. The van der Waals surface area contributed by atoms with Crippen molar-refractivity contribution >= 4 is 55.0 Å². The summed E-state index contributed by atoms with van der Waals surface area (Å²) in [7, 11) is 0. The first-order valence-corrected chi connectivity index (χ1v) is 9.16. The topological polar surface area (TPSA) is 49.4 Å². The van der Waals surface area contributed by atoms with Crippen LogP contribution in [-0.2, 0) is 9.59 Å². The van der Waals surface area contributed by atoms with E-state index >= 15 is 0 Å². The number of carbonyl (C=O) groups excluding carboxylic acids is 2. The van der Waals surface area contributed by atoms with Gasteiger partial charge >= 0.3 is 0 Å².